The Balaban J connectivity index is 3.28. The van der Waals surface area contributed by atoms with E-state index in [1.807, 2.05) is 0 Å². The lowest BCUT2D eigenvalue weighted by molar-refractivity contribution is 0.129. The Hall–Kier alpha value is 1.17. The minimum atomic E-state index is -4.66. The van der Waals surface area contributed by atoms with Gasteiger partial charge in [0.1, 0.15) is 0 Å². The SMILES string of the molecule is CC1(P(=O)(O)O)CC(CCCl)(CCCl)P(=O)(OCCCl)O1. The maximum Gasteiger partial charge on any atom is 0.357 e. The molecule has 0 spiro atoms. The molecular formula is C10H19Cl3O6P2. The van der Waals surface area contributed by atoms with Crippen LogP contribution in [0.25, 0.3) is 0 Å². The first-order chi connectivity index (χ1) is 9.60. The molecule has 21 heavy (non-hydrogen) atoms. The zero-order valence-corrected chi connectivity index (χ0v) is 15.6. The molecule has 0 amide bonds. The van der Waals surface area contributed by atoms with Gasteiger partial charge in [-0.05, 0) is 19.8 Å². The second-order valence-corrected chi connectivity index (χ2v) is 10.7. The fourth-order valence-corrected chi connectivity index (χ4v) is 7.75. The first-order valence-corrected chi connectivity index (χ1v) is 11.0. The van der Waals surface area contributed by atoms with Crippen LogP contribution in [0.1, 0.15) is 26.2 Å². The van der Waals surface area contributed by atoms with Gasteiger partial charge in [-0.25, -0.2) is 0 Å². The molecule has 0 aromatic heterocycles. The summed E-state index contributed by atoms with van der Waals surface area (Å²) >= 11 is 17.1. The third-order valence-electron chi connectivity index (χ3n) is 3.63. The van der Waals surface area contributed by atoms with Crippen LogP contribution in [0, 0.1) is 0 Å². The molecule has 1 aliphatic heterocycles. The van der Waals surface area contributed by atoms with Crippen molar-refractivity contribution in [1.82, 2.24) is 0 Å². The second kappa shape index (κ2) is 7.38. The lowest BCUT2D eigenvalue weighted by Crippen LogP contribution is -2.32. The van der Waals surface area contributed by atoms with Crippen molar-refractivity contribution in [3.63, 3.8) is 0 Å². The predicted molar refractivity (Wildman–Crippen MR) is 83.8 cm³/mol. The van der Waals surface area contributed by atoms with Crippen molar-refractivity contribution < 1.29 is 28.0 Å². The normalized spacial score (nSPS) is 32.5. The van der Waals surface area contributed by atoms with Gasteiger partial charge in [-0.1, -0.05) is 0 Å². The zero-order chi connectivity index (χ0) is 16.4. The summed E-state index contributed by atoms with van der Waals surface area (Å²) in [6.07, 6.45) is 0.302. The highest BCUT2D eigenvalue weighted by Gasteiger charge is 2.67. The first kappa shape index (κ1) is 20.2. The van der Waals surface area contributed by atoms with Crippen molar-refractivity contribution in [3.05, 3.63) is 0 Å². The number of hydrogen-bond acceptors (Lipinski definition) is 4. The highest BCUT2D eigenvalue weighted by atomic mass is 35.5. The number of hydrogen-bond donors (Lipinski definition) is 2. The fourth-order valence-electron chi connectivity index (χ4n) is 2.50. The van der Waals surface area contributed by atoms with Gasteiger partial charge in [0.25, 0.3) is 0 Å². The number of rotatable bonds is 8. The Morgan fingerprint density at radius 1 is 1.24 bits per heavy atom. The molecule has 2 unspecified atom stereocenters. The Morgan fingerprint density at radius 3 is 2.14 bits per heavy atom. The van der Waals surface area contributed by atoms with E-state index in [0.717, 1.165) is 0 Å². The summed E-state index contributed by atoms with van der Waals surface area (Å²) in [7, 11) is -8.48. The molecule has 0 saturated carbocycles. The molecule has 2 atom stereocenters. The van der Waals surface area contributed by atoms with E-state index in [1.165, 1.54) is 6.92 Å². The summed E-state index contributed by atoms with van der Waals surface area (Å²) < 4.78 is 35.4. The van der Waals surface area contributed by atoms with Gasteiger partial charge in [-0.15, -0.1) is 34.8 Å². The standard InChI is InChI=1S/C10H19Cl3O6P2/c1-9(20(14,15)16)8-10(2-4-11,3-5-12)21(17,19-9)18-7-6-13/h2-8H2,1H3,(H2,14,15,16). The van der Waals surface area contributed by atoms with Crippen molar-refractivity contribution >= 4 is 50.0 Å². The van der Waals surface area contributed by atoms with Crippen LogP contribution in [-0.2, 0) is 18.2 Å². The molecule has 1 heterocycles. The third kappa shape index (κ3) is 3.99. The minimum absolute atomic E-state index is 0.0532. The van der Waals surface area contributed by atoms with E-state index in [2.05, 4.69) is 0 Å². The summed E-state index contributed by atoms with van der Waals surface area (Å²) in [6, 6.07) is 0. The average Bonchev–Trinajstić information content (AvgIpc) is 2.57. The van der Waals surface area contributed by atoms with E-state index >= 15 is 0 Å². The summed E-state index contributed by atoms with van der Waals surface area (Å²) in [5.41, 5.74) is 0. The van der Waals surface area contributed by atoms with Gasteiger partial charge in [0.2, 0.25) is 0 Å². The third-order valence-corrected chi connectivity index (χ3v) is 8.72. The molecule has 1 aliphatic rings. The molecule has 0 bridgehead atoms. The minimum Gasteiger partial charge on any atom is -0.322 e. The lowest BCUT2D eigenvalue weighted by Gasteiger charge is -2.31. The molecular weight excluding hydrogens is 384 g/mol. The molecule has 2 N–H and O–H groups in total. The van der Waals surface area contributed by atoms with E-state index in [1.54, 1.807) is 0 Å². The van der Waals surface area contributed by atoms with Crippen LogP contribution in [0.15, 0.2) is 0 Å². The van der Waals surface area contributed by atoms with Crippen molar-refractivity contribution in [2.24, 2.45) is 0 Å². The van der Waals surface area contributed by atoms with Crippen LogP contribution < -0.4 is 0 Å². The van der Waals surface area contributed by atoms with Gasteiger partial charge in [0, 0.05) is 24.1 Å². The van der Waals surface area contributed by atoms with Crippen LogP contribution in [0.2, 0.25) is 0 Å². The topological polar surface area (TPSA) is 93.1 Å². The molecule has 0 aliphatic carbocycles. The Bertz CT molecular complexity index is 450. The second-order valence-electron chi connectivity index (χ2n) is 5.11. The predicted octanol–water partition coefficient (Wildman–Crippen LogP) is 3.75. The van der Waals surface area contributed by atoms with Crippen LogP contribution >= 0.6 is 50.0 Å². The Morgan fingerprint density at radius 2 is 1.76 bits per heavy atom. The molecule has 0 aromatic carbocycles. The number of halogens is 3. The molecule has 1 fully saturated rings. The quantitative estimate of drug-likeness (QED) is 0.474. The van der Waals surface area contributed by atoms with Crippen LogP contribution in [0.5, 0.6) is 0 Å². The summed E-state index contributed by atoms with van der Waals surface area (Å²) in [5, 5.41) is -2.99. The lowest BCUT2D eigenvalue weighted by atomic mass is 9.95. The van der Waals surface area contributed by atoms with Crippen molar-refractivity contribution in [2.75, 3.05) is 24.2 Å². The van der Waals surface area contributed by atoms with E-state index in [-0.39, 0.29) is 43.5 Å². The molecule has 0 aromatic rings. The highest BCUT2D eigenvalue weighted by molar-refractivity contribution is 7.59. The molecule has 1 saturated heterocycles. The van der Waals surface area contributed by atoms with E-state index in [0.29, 0.717) is 0 Å². The van der Waals surface area contributed by atoms with E-state index in [9.17, 15) is 18.9 Å². The van der Waals surface area contributed by atoms with E-state index in [4.69, 9.17) is 43.9 Å². The first-order valence-electron chi connectivity index (χ1n) is 6.29. The van der Waals surface area contributed by atoms with Crippen LogP contribution in [-0.4, -0.2) is 44.5 Å². The molecule has 126 valence electrons. The smallest absolute Gasteiger partial charge is 0.322 e. The molecule has 0 radical (unpaired) electrons. The molecule has 6 nitrogen and oxygen atoms in total. The zero-order valence-electron chi connectivity index (χ0n) is 11.5. The van der Waals surface area contributed by atoms with Crippen LogP contribution in [0.3, 0.4) is 0 Å². The largest absolute Gasteiger partial charge is 0.357 e. The van der Waals surface area contributed by atoms with Crippen molar-refractivity contribution in [3.8, 4) is 0 Å². The van der Waals surface area contributed by atoms with Crippen molar-refractivity contribution in [2.45, 2.75) is 36.7 Å². The van der Waals surface area contributed by atoms with Crippen LogP contribution in [0.4, 0.5) is 0 Å². The highest BCUT2D eigenvalue weighted by Crippen LogP contribution is 2.78. The maximum atomic E-state index is 13.1. The summed E-state index contributed by atoms with van der Waals surface area (Å²) in [4.78, 5) is 19.0. The fraction of sp³-hybridized carbons (Fsp3) is 1.00. The molecule has 1 rings (SSSR count). The van der Waals surface area contributed by atoms with Crippen molar-refractivity contribution in [1.29, 1.82) is 0 Å². The van der Waals surface area contributed by atoms with Gasteiger partial charge >= 0.3 is 15.2 Å². The van der Waals surface area contributed by atoms with Gasteiger partial charge in [0.15, 0.2) is 5.34 Å². The van der Waals surface area contributed by atoms with Gasteiger partial charge in [-0.3, -0.25) is 13.7 Å². The van der Waals surface area contributed by atoms with E-state index < -0.39 is 25.7 Å². The summed E-state index contributed by atoms with van der Waals surface area (Å²) in [5.74, 6) is 0.370. The van der Waals surface area contributed by atoms with Gasteiger partial charge in [-0.2, -0.15) is 0 Å². The number of alkyl halides is 3. The monoisotopic (exact) mass is 402 g/mol. The van der Waals surface area contributed by atoms with Gasteiger partial charge in [0.05, 0.1) is 11.8 Å². The average molecular weight is 404 g/mol. The maximum absolute atomic E-state index is 13.1. The summed E-state index contributed by atoms with van der Waals surface area (Å²) in [6.45, 7) is 1.18. The van der Waals surface area contributed by atoms with Gasteiger partial charge < -0.3 is 14.3 Å². The molecule has 11 heteroatoms. The Kier molecular flexibility index (Phi) is 7.10. The Labute approximate surface area is 139 Å².